The van der Waals surface area contributed by atoms with Crippen LogP contribution in [0.25, 0.3) is 0 Å². The lowest BCUT2D eigenvalue weighted by Crippen LogP contribution is -2.33. The number of carbonyl (C=O) groups excluding carboxylic acids is 2. The maximum atomic E-state index is 12.6. The van der Waals surface area contributed by atoms with E-state index in [0.29, 0.717) is 18.7 Å². The fraction of sp³-hybridized carbons (Fsp3) is 0.200. The van der Waals surface area contributed by atoms with Gasteiger partial charge in [-0.05, 0) is 42.3 Å². The Morgan fingerprint density at radius 1 is 0.900 bits per heavy atom. The van der Waals surface area contributed by atoms with Gasteiger partial charge in [-0.3, -0.25) is 9.59 Å². The van der Waals surface area contributed by atoms with Gasteiger partial charge in [0.25, 0.3) is 5.91 Å². The normalized spacial score (nSPS) is 11.4. The van der Waals surface area contributed by atoms with E-state index in [1.807, 2.05) is 79.7 Å². The minimum Gasteiger partial charge on any atom is -0.494 e. The molecule has 0 aromatic heterocycles. The van der Waals surface area contributed by atoms with Crippen molar-refractivity contribution in [3.05, 3.63) is 102 Å². The van der Waals surface area contributed by atoms with Gasteiger partial charge in [-0.2, -0.15) is 0 Å². The molecule has 5 nitrogen and oxygen atoms in total. The number of rotatable bonds is 9. The van der Waals surface area contributed by atoms with Crippen molar-refractivity contribution in [3.8, 4) is 5.75 Å². The monoisotopic (exact) mass is 402 g/mol. The molecule has 1 atom stereocenters. The van der Waals surface area contributed by atoms with E-state index >= 15 is 0 Å². The first-order valence-electron chi connectivity index (χ1n) is 10.0. The van der Waals surface area contributed by atoms with Crippen molar-refractivity contribution in [2.75, 3.05) is 6.61 Å². The number of benzene rings is 3. The van der Waals surface area contributed by atoms with Crippen molar-refractivity contribution in [1.82, 2.24) is 10.6 Å². The summed E-state index contributed by atoms with van der Waals surface area (Å²) in [5.74, 6) is 0.433. The van der Waals surface area contributed by atoms with E-state index in [4.69, 9.17) is 4.74 Å². The van der Waals surface area contributed by atoms with Crippen LogP contribution in [0.2, 0.25) is 0 Å². The van der Waals surface area contributed by atoms with Crippen LogP contribution >= 0.6 is 0 Å². The molecule has 3 aromatic rings. The minimum atomic E-state index is -0.423. The van der Waals surface area contributed by atoms with Crippen LogP contribution in [0.3, 0.4) is 0 Å². The topological polar surface area (TPSA) is 67.4 Å². The molecule has 3 rings (SSSR count). The van der Waals surface area contributed by atoms with Crippen LogP contribution in [0.15, 0.2) is 84.9 Å². The molecule has 1 unspecified atom stereocenters. The molecular weight excluding hydrogens is 376 g/mol. The van der Waals surface area contributed by atoms with E-state index in [2.05, 4.69) is 10.6 Å². The second kappa shape index (κ2) is 10.8. The molecule has 0 bridgehead atoms. The van der Waals surface area contributed by atoms with Crippen LogP contribution in [0.1, 0.15) is 40.9 Å². The highest BCUT2D eigenvalue weighted by molar-refractivity contribution is 5.94. The van der Waals surface area contributed by atoms with Crippen LogP contribution in [0.4, 0.5) is 0 Å². The highest BCUT2D eigenvalue weighted by atomic mass is 16.5. The van der Waals surface area contributed by atoms with E-state index in [1.54, 1.807) is 12.1 Å². The van der Waals surface area contributed by atoms with Gasteiger partial charge in [0.15, 0.2) is 0 Å². The van der Waals surface area contributed by atoms with E-state index < -0.39 is 6.04 Å². The second-order valence-corrected chi connectivity index (χ2v) is 6.86. The van der Waals surface area contributed by atoms with Gasteiger partial charge < -0.3 is 15.4 Å². The van der Waals surface area contributed by atoms with Crippen molar-refractivity contribution in [2.45, 2.75) is 25.9 Å². The second-order valence-electron chi connectivity index (χ2n) is 6.86. The van der Waals surface area contributed by atoms with Gasteiger partial charge in [0, 0.05) is 12.1 Å². The molecule has 0 spiro atoms. The first-order valence-corrected chi connectivity index (χ1v) is 10.0. The third-order valence-electron chi connectivity index (χ3n) is 4.63. The molecular formula is C25H26N2O3. The Morgan fingerprint density at radius 3 is 2.30 bits per heavy atom. The number of nitrogens with one attached hydrogen (secondary N) is 2. The quantitative estimate of drug-likeness (QED) is 0.562. The molecule has 2 amide bonds. The summed E-state index contributed by atoms with van der Waals surface area (Å²) in [6.45, 7) is 2.92. The summed E-state index contributed by atoms with van der Waals surface area (Å²) in [5.41, 5.74) is 2.40. The zero-order valence-electron chi connectivity index (χ0n) is 17.0. The molecule has 3 aromatic carbocycles. The summed E-state index contributed by atoms with van der Waals surface area (Å²) >= 11 is 0. The lowest BCUT2D eigenvalue weighted by Gasteiger charge is -2.19. The Hall–Kier alpha value is -3.60. The first kappa shape index (κ1) is 21.1. The number of carbonyl (C=O) groups is 2. The van der Waals surface area contributed by atoms with Crippen molar-refractivity contribution in [3.63, 3.8) is 0 Å². The maximum Gasteiger partial charge on any atom is 0.251 e. The summed E-state index contributed by atoms with van der Waals surface area (Å²) in [6.07, 6.45) is 0.147. The highest BCUT2D eigenvalue weighted by Gasteiger charge is 2.19. The number of hydrogen-bond acceptors (Lipinski definition) is 3. The maximum absolute atomic E-state index is 12.6. The number of amides is 2. The summed E-state index contributed by atoms with van der Waals surface area (Å²) in [5, 5.41) is 5.92. The highest BCUT2D eigenvalue weighted by Crippen LogP contribution is 2.18. The van der Waals surface area contributed by atoms with Crippen molar-refractivity contribution in [1.29, 1.82) is 0 Å². The van der Waals surface area contributed by atoms with Gasteiger partial charge in [-0.25, -0.2) is 0 Å². The zero-order valence-corrected chi connectivity index (χ0v) is 17.0. The summed E-state index contributed by atoms with van der Waals surface area (Å²) < 4.78 is 5.50. The van der Waals surface area contributed by atoms with Crippen LogP contribution in [0, 0.1) is 0 Å². The number of hydrogen-bond donors (Lipinski definition) is 2. The molecule has 154 valence electrons. The molecule has 2 N–H and O–H groups in total. The van der Waals surface area contributed by atoms with Gasteiger partial charge in [-0.15, -0.1) is 0 Å². The summed E-state index contributed by atoms with van der Waals surface area (Å²) in [4.78, 5) is 25.3. The minimum absolute atomic E-state index is 0.140. The van der Waals surface area contributed by atoms with Crippen LogP contribution in [-0.2, 0) is 11.3 Å². The Morgan fingerprint density at radius 2 is 1.60 bits per heavy atom. The van der Waals surface area contributed by atoms with Crippen LogP contribution in [0.5, 0.6) is 5.75 Å². The standard InChI is InChI=1S/C25H26N2O3/c1-2-30-22-15-9-10-19(16-22)18-26-24(28)17-23(20-11-5-3-6-12-20)27-25(29)21-13-7-4-8-14-21/h3-16,23H,2,17-18H2,1H3,(H,26,28)(H,27,29). The fourth-order valence-corrected chi connectivity index (χ4v) is 3.14. The summed E-state index contributed by atoms with van der Waals surface area (Å²) in [6, 6.07) is 25.7. The van der Waals surface area contributed by atoms with Gasteiger partial charge in [0.05, 0.1) is 19.1 Å². The lowest BCUT2D eigenvalue weighted by molar-refractivity contribution is -0.121. The lowest BCUT2D eigenvalue weighted by atomic mass is 10.0. The van der Waals surface area contributed by atoms with E-state index in [1.165, 1.54) is 0 Å². The Labute approximate surface area is 177 Å². The van der Waals surface area contributed by atoms with Gasteiger partial charge in [-0.1, -0.05) is 60.7 Å². The smallest absolute Gasteiger partial charge is 0.251 e. The molecule has 0 saturated carbocycles. The molecule has 0 radical (unpaired) electrons. The molecule has 0 heterocycles. The van der Waals surface area contributed by atoms with E-state index in [9.17, 15) is 9.59 Å². The SMILES string of the molecule is CCOc1cccc(CNC(=O)CC(NC(=O)c2ccccc2)c2ccccc2)c1. The third-order valence-corrected chi connectivity index (χ3v) is 4.63. The predicted molar refractivity (Wildman–Crippen MR) is 117 cm³/mol. The third kappa shape index (κ3) is 6.21. The van der Waals surface area contributed by atoms with Gasteiger partial charge in [0.1, 0.15) is 5.75 Å². The van der Waals surface area contributed by atoms with Crippen LogP contribution in [-0.4, -0.2) is 18.4 Å². The molecule has 0 aliphatic heterocycles. The average molecular weight is 402 g/mol. The average Bonchev–Trinajstić information content (AvgIpc) is 2.79. The van der Waals surface area contributed by atoms with Gasteiger partial charge >= 0.3 is 0 Å². The molecule has 0 aliphatic carbocycles. The largest absolute Gasteiger partial charge is 0.494 e. The molecule has 0 saturated heterocycles. The fourth-order valence-electron chi connectivity index (χ4n) is 3.14. The molecule has 5 heteroatoms. The van der Waals surface area contributed by atoms with Gasteiger partial charge in [0.2, 0.25) is 5.91 Å². The molecule has 30 heavy (non-hydrogen) atoms. The number of ether oxygens (including phenoxy) is 1. The van der Waals surface area contributed by atoms with Crippen molar-refractivity contribution in [2.24, 2.45) is 0 Å². The molecule has 0 aliphatic rings. The Bertz CT molecular complexity index is 958. The predicted octanol–water partition coefficient (Wildman–Crippen LogP) is 4.26. The van der Waals surface area contributed by atoms with Crippen LogP contribution < -0.4 is 15.4 Å². The van der Waals surface area contributed by atoms with Crippen molar-refractivity contribution >= 4 is 11.8 Å². The van der Waals surface area contributed by atoms with Crippen molar-refractivity contribution < 1.29 is 14.3 Å². The summed E-state index contributed by atoms with van der Waals surface area (Å²) in [7, 11) is 0. The van der Waals surface area contributed by atoms with E-state index in [0.717, 1.165) is 16.9 Å². The molecule has 0 fully saturated rings. The Kier molecular flexibility index (Phi) is 7.61. The Balaban J connectivity index is 1.64. The van der Waals surface area contributed by atoms with E-state index in [-0.39, 0.29) is 18.2 Å². The first-order chi connectivity index (χ1) is 14.7. The zero-order chi connectivity index (χ0) is 21.2.